The minimum atomic E-state index is 0.616. The molecule has 1 N–H and O–H groups in total. The highest BCUT2D eigenvalue weighted by atomic mass is 16.5. The zero-order chi connectivity index (χ0) is 13.8. The van der Waals surface area contributed by atoms with E-state index in [0.717, 1.165) is 48.8 Å². The molecule has 0 atom stereocenters. The van der Waals surface area contributed by atoms with Gasteiger partial charge in [-0.2, -0.15) is 0 Å². The smallest absolute Gasteiger partial charge is 0.135 e. The van der Waals surface area contributed by atoms with Crippen molar-refractivity contribution >= 4 is 5.82 Å². The van der Waals surface area contributed by atoms with E-state index in [1.165, 1.54) is 5.56 Å². The lowest BCUT2D eigenvalue weighted by atomic mass is 10.1. The van der Waals surface area contributed by atoms with E-state index in [1.54, 1.807) is 0 Å². The van der Waals surface area contributed by atoms with Gasteiger partial charge in [0.05, 0.1) is 18.9 Å². The summed E-state index contributed by atoms with van der Waals surface area (Å²) in [7, 11) is 1.90. The lowest BCUT2D eigenvalue weighted by molar-refractivity contribution is 0.109. The number of anilines is 1. The minimum absolute atomic E-state index is 0.616. The summed E-state index contributed by atoms with van der Waals surface area (Å²) in [5.74, 6) is 1.83. The monoisotopic (exact) mass is 269 g/mol. The topological polar surface area (TPSA) is 47.0 Å². The number of benzene rings is 1. The molecule has 1 aromatic heterocycles. The SMILES string of the molecule is CNc1nc(CCc2ccccc2)nc2c1COCC2. The van der Waals surface area contributed by atoms with E-state index in [1.807, 2.05) is 13.1 Å². The fourth-order valence-electron chi connectivity index (χ4n) is 2.50. The molecule has 0 fully saturated rings. The first-order valence-electron chi connectivity index (χ1n) is 7.05. The lowest BCUT2D eigenvalue weighted by Gasteiger charge is -2.19. The molecule has 0 unspecified atom stereocenters. The van der Waals surface area contributed by atoms with Crippen LogP contribution in [0.25, 0.3) is 0 Å². The van der Waals surface area contributed by atoms with Gasteiger partial charge in [-0.3, -0.25) is 0 Å². The quantitative estimate of drug-likeness (QED) is 0.925. The number of fused-ring (bicyclic) bond motifs is 1. The van der Waals surface area contributed by atoms with Crippen LogP contribution in [-0.2, 0) is 30.6 Å². The molecule has 104 valence electrons. The molecule has 20 heavy (non-hydrogen) atoms. The molecule has 0 amide bonds. The number of hydrogen-bond donors (Lipinski definition) is 1. The summed E-state index contributed by atoms with van der Waals surface area (Å²) in [6.07, 6.45) is 2.72. The zero-order valence-corrected chi connectivity index (χ0v) is 11.7. The van der Waals surface area contributed by atoms with E-state index in [0.29, 0.717) is 6.61 Å². The van der Waals surface area contributed by atoms with Crippen molar-refractivity contribution in [3.8, 4) is 0 Å². The molecule has 0 aliphatic carbocycles. The van der Waals surface area contributed by atoms with E-state index in [9.17, 15) is 0 Å². The Bertz CT molecular complexity index is 567. The average molecular weight is 269 g/mol. The normalized spacial score (nSPS) is 13.8. The van der Waals surface area contributed by atoms with Crippen LogP contribution >= 0.6 is 0 Å². The van der Waals surface area contributed by atoms with Crippen molar-refractivity contribution in [1.82, 2.24) is 9.97 Å². The summed E-state index contributed by atoms with van der Waals surface area (Å²) in [6.45, 7) is 1.37. The molecule has 1 aromatic carbocycles. The second-order valence-electron chi connectivity index (χ2n) is 4.95. The molecule has 4 heteroatoms. The highest BCUT2D eigenvalue weighted by Gasteiger charge is 2.17. The van der Waals surface area contributed by atoms with Crippen molar-refractivity contribution in [3.05, 3.63) is 53.0 Å². The van der Waals surface area contributed by atoms with Gasteiger partial charge in [0.25, 0.3) is 0 Å². The predicted octanol–water partition coefficient (Wildman–Crippen LogP) is 2.38. The van der Waals surface area contributed by atoms with Gasteiger partial charge < -0.3 is 10.1 Å². The molecular formula is C16H19N3O. The van der Waals surface area contributed by atoms with Crippen LogP contribution in [0, 0.1) is 0 Å². The van der Waals surface area contributed by atoms with Crippen molar-refractivity contribution in [2.45, 2.75) is 25.9 Å². The summed E-state index contributed by atoms with van der Waals surface area (Å²) in [6, 6.07) is 10.5. The van der Waals surface area contributed by atoms with Crippen LogP contribution in [0.3, 0.4) is 0 Å². The Morgan fingerprint density at radius 3 is 2.80 bits per heavy atom. The van der Waals surface area contributed by atoms with Crippen LogP contribution in [0.2, 0.25) is 0 Å². The first kappa shape index (κ1) is 13.1. The van der Waals surface area contributed by atoms with Gasteiger partial charge in [0.2, 0.25) is 0 Å². The molecule has 0 saturated heterocycles. The number of nitrogens with one attached hydrogen (secondary N) is 1. The van der Waals surface area contributed by atoms with Crippen LogP contribution in [0.1, 0.15) is 22.6 Å². The van der Waals surface area contributed by atoms with Gasteiger partial charge in [0, 0.05) is 25.5 Å². The van der Waals surface area contributed by atoms with Gasteiger partial charge >= 0.3 is 0 Å². The van der Waals surface area contributed by atoms with E-state index < -0.39 is 0 Å². The maximum atomic E-state index is 5.49. The maximum Gasteiger partial charge on any atom is 0.135 e. The second kappa shape index (κ2) is 6.01. The molecule has 1 aliphatic rings. The molecule has 2 heterocycles. The molecule has 0 bridgehead atoms. The molecule has 0 spiro atoms. The first-order valence-corrected chi connectivity index (χ1v) is 7.05. The second-order valence-corrected chi connectivity index (χ2v) is 4.95. The Kier molecular flexibility index (Phi) is 3.92. The third-order valence-corrected chi connectivity index (χ3v) is 3.59. The van der Waals surface area contributed by atoms with E-state index >= 15 is 0 Å². The molecule has 0 saturated carbocycles. The van der Waals surface area contributed by atoms with E-state index in [2.05, 4.69) is 34.6 Å². The van der Waals surface area contributed by atoms with Crippen LogP contribution in [0.5, 0.6) is 0 Å². The number of rotatable bonds is 4. The minimum Gasteiger partial charge on any atom is -0.376 e. The largest absolute Gasteiger partial charge is 0.376 e. The van der Waals surface area contributed by atoms with Crippen molar-refractivity contribution in [1.29, 1.82) is 0 Å². The highest BCUT2D eigenvalue weighted by Crippen LogP contribution is 2.22. The maximum absolute atomic E-state index is 5.49. The van der Waals surface area contributed by atoms with Gasteiger partial charge in [0.15, 0.2) is 0 Å². The number of ether oxygens (including phenoxy) is 1. The van der Waals surface area contributed by atoms with Crippen LogP contribution < -0.4 is 5.32 Å². The summed E-state index contributed by atoms with van der Waals surface area (Å²) in [5.41, 5.74) is 3.57. The third kappa shape index (κ3) is 2.80. The standard InChI is InChI=1S/C16H19N3O/c1-17-16-13-11-20-10-9-14(13)18-15(19-16)8-7-12-5-3-2-4-6-12/h2-6H,7-11H2,1H3,(H,17,18,19). The molecule has 0 radical (unpaired) electrons. The van der Waals surface area contributed by atoms with Gasteiger partial charge in [0.1, 0.15) is 11.6 Å². The van der Waals surface area contributed by atoms with E-state index in [-0.39, 0.29) is 0 Å². The molecule has 3 rings (SSSR count). The van der Waals surface area contributed by atoms with Crippen LogP contribution in [0.4, 0.5) is 5.82 Å². The highest BCUT2D eigenvalue weighted by molar-refractivity contribution is 5.46. The van der Waals surface area contributed by atoms with Gasteiger partial charge in [-0.15, -0.1) is 0 Å². The Morgan fingerprint density at radius 2 is 2.00 bits per heavy atom. The summed E-state index contributed by atoms with van der Waals surface area (Å²) >= 11 is 0. The van der Waals surface area contributed by atoms with Crippen LogP contribution in [0.15, 0.2) is 30.3 Å². The van der Waals surface area contributed by atoms with Crippen molar-refractivity contribution < 1.29 is 4.74 Å². The van der Waals surface area contributed by atoms with Crippen molar-refractivity contribution in [2.75, 3.05) is 19.0 Å². The van der Waals surface area contributed by atoms with Crippen molar-refractivity contribution in [3.63, 3.8) is 0 Å². The summed E-state index contributed by atoms with van der Waals surface area (Å²) in [4.78, 5) is 9.32. The predicted molar refractivity (Wildman–Crippen MR) is 78.8 cm³/mol. The average Bonchev–Trinajstić information content (AvgIpc) is 2.53. The molecule has 4 nitrogen and oxygen atoms in total. The fraction of sp³-hybridized carbons (Fsp3) is 0.375. The van der Waals surface area contributed by atoms with Gasteiger partial charge in [-0.1, -0.05) is 30.3 Å². The first-order chi connectivity index (χ1) is 9.86. The number of nitrogens with zero attached hydrogens (tertiary/aromatic N) is 2. The molecule has 1 aliphatic heterocycles. The molecule has 2 aromatic rings. The van der Waals surface area contributed by atoms with E-state index in [4.69, 9.17) is 9.72 Å². The van der Waals surface area contributed by atoms with Crippen LogP contribution in [-0.4, -0.2) is 23.6 Å². The number of aryl methyl sites for hydroxylation is 2. The third-order valence-electron chi connectivity index (χ3n) is 3.59. The Balaban J connectivity index is 1.79. The fourth-order valence-corrected chi connectivity index (χ4v) is 2.50. The summed E-state index contributed by atoms with van der Waals surface area (Å²) < 4.78 is 5.49. The number of aromatic nitrogens is 2. The number of hydrogen-bond acceptors (Lipinski definition) is 4. The Morgan fingerprint density at radius 1 is 1.15 bits per heavy atom. The zero-order valence-electron chi connectivity index (χ0n) is 11.7. The molecular weight excluding hydrogens is 250 g/mol. The van der Waals surface area contributed by atoms with Crippen molar-refractivity contribution in [2.24, 2.45) is 0 Å². The lowest BCUT2D eigenvalue weighted by Crippen LogP contribution is -2.17. The van der Waals surface area contributed by atoms with Gasteiger partial charge in [-0.05, 0) is 12.0 Å². The van der Waals surface area contributed by atoms with Gasteiger partial charge in [-0.25, -0.2) is 9.97 Å². The Labute approximate surface area is 119 Å². The summed E-state index contributed by atoms with van der Waals surface area (Å²) in [5, 5.41) is 3.16. The Hall–Kier alpha value is -1.94.